The van der Waals surface area contributed by atoms with Gasteiger partial charge >= 0.3 is 6.03 Å². The van der Waals surface area contributed by atoms with Crippen LogP contribution in [0.25, 0.3) is 0 Å². The molecule has 1 aliphatic rings. The lowest BCUT2D eigenvalue weighted by Crippen LogP contribution is -2.36. The Morgan fingerprint density at radius 1 is 0.968 bits per heavy atom. The number of ether oxygens (including phenoxy) is 1. The lowest BCUT2D eigenvalue weighted by molar-refractivity contribution is 0.0734. The highest BCUT2D eigenvalue weighted by Gasteiger charge is 2.22. The third-order valence-electron chi connectivity index (χ3n) is 5.40. The van der Waals surface area contributed by atoms with Crippen molar-refractivity contribution in [2.75, 3.05) is 19.0 Å². The second kappa shape index (κ2) is 9.34. The highest BCUT2D eigenvalue weighted by molar-refractivity contribution is 5.94. The molecule has 0 saturated carbocycles. The molecule has 0 spiro atoms. The molecule has 0 atom stereocenters. The summed E-state index contributed by atoms with van der Waals surface area (Å²) in [6.45, 7) is 1.64. The number of methoxy groups -OCH3 is 1. The Bertz CT molecular complexity index is 1070. The summed E-state index contributed by atoms with van der Waals surface area (Å²) in [4.78, 5) is 26.9. The number of benzene rings is 3. The van der Waals surface area contributed by atoms with Crippen LogP contribution in [0.2, 0.25) is 0 Å². The third kappa shape index (κ3) is 5.04. The van der Waals surface area contributed by atoms with Crippen LogP contribution >= 0.6 is 0 Å². The molecular weight excluding hydrogens is 390 g/mol. The summed E-state index contributed by atoms with van der Waals surface area (Å²) in [5, 5.41) is 5.74. The van der Waals surface area contributed by atoms with E-state index in [-0.39, 0.29) is 11.9 Å². The fraction of sp³-hybridized carbons (Fsp3) is 0.200. The molecule has 6 heteroatoms. The SMILES string of the molecule is COc1ccc(CNC(=O)Nc2ccc3c(c2)CN(C(=O)c2ccccc2)CC3)cc1. The van der Waals surface area contributed by atoms with Gasteiger partial charge < -0.3 is 20.3 Å². The van der Waals surface area contributed by atoms with Crippen LogP contribution < -0.4 is 15.4 Å². The number of rotatable bonds is 5. The molecule has 1 aliphatic heterocycles. The Balaban J connectivity index is 1.36. The lowest BCUT2D eigenvalue weighted by atomic mass is 9.98. The summed E-state index contributed by atoms with van der Waals surface area (Å²) in [5.41, 5.74) is 4.65. The van der Waals surface area contributed by atoms with Gasteiger partial charge in [0, 0.05) is 30.9 Å². The van der Waals surface area contributed by atoms with Gasteiger partial charge in [0.25, 0.3) is 5.91 Å². The Labute approximate surface area is 181 Å². The molecule has 158 valence electrons. The molecule has 0 fully saturated rings. The lowest BCUT2D eigenvalue weighted by Gasteiger charge is -2.29. The average molecular weight is 415 g/mol. The Kier molecular flexibility index (Phi) is 6.17. The van der Waals surface area contributed by atoms with Crippen LogP contribution in [0.15, 0.2) is 72.8 Å². The van der Waals surface area contributed by atoms with E-state index in [0.717, 1.165) is 23.3 Å². The number of anilines is 1. The van der Waals surface area contributed by atoms with Crippen LogP contribution in [-0.4, -0.2) is 30.5 Å². The molecule has 6 nitrogen and oxygen atoms in total. The number of hydrogen-bond donors (Lipinski definition) is 2. The van der Waals surface area contributed by atoms with E-state index in [2.05, 4.69) is 10.6 Å². The smallest absolute Gasteiger partial charge is 0.319 e. The summed E-state index contributed by atoms with van der Waals surface area (Å²) in [7, 11) is 1.62. The minimum atomic E-state index is -0.274. The highest BCUT2D eigenvalue weighted by Crippen LogP contribution is 2.24. The molecule has 0 bridgehead atoms. The quantitative estimate of drug-likeness (QED) is 0.656. The van der Waals surface area contributed by atoms with Crippen molar-refractivity contribution in [2.24, 2.45) is 0 Å². The summed E-state index contributed by atoms with van der Waals surface area (Å²) in [5.74, 6) is 0.809. The maximum absolute atomic E-state index is 12.8. The predicted octanol–water partition coefficient (Wildman–Crippen LogP) is 4.22. The molecule has 1 heterocycles. The van der Waals surface area contributed by atoms with Gasteiger partial charge in [0.2, 0.25) is 0 Å². The summed E-state index contributed by atoms with van der Waals surface area (Å²) < 4.78 is 5.14. The van der Waals surface area contributed by atoms with E-state index in [9.17, 15) is 9.59 Å². The molecule has 3 aromatic carbocycles. The zero-order valence-electron chi connectivity index (χ0n) is 17.4. The minimum absolute atomic E-state index is 0.0295. The second-order valence-electron chi connectivity index (χ2n) is 7.48. The summed E-state index contributed by atoms with van der Waals surface area (Å²) in [6, 6.07) is 22.5. The van der Waals surface area contributed by atoms with Gasteiger partial charge in [-0.15, -0.1) is 0 Å². The molecule has 4 rings (SSSR count). The van der Waals surface area contributed by atoms with Crippen LogP contribution in [-0.2, 0) is 19.5 Å². The van der Waals surface area contributed by atoms with Crippen LogP contribution in [0.3, 0.4) is 0 Å². The molecule has 0 aromatic heterocycles. The van der Waals surface area contributed by atoms with Crippen molar-refractivity contribution in [1.29, 1.82) is 0 Å². The Hall–Kier alpha value is -3.80. The van der Waals surface area contributed by atoms with Gasteiger partial charge in [-0.1, -0.05) is 36.4 Å². The first-order chi connectivity index (χ1) is 15.1. The van der Waals surface area contributed by atoms with Gasteiger partial charge in [-0.25, -0.2) is 4.79 Å². The normalized spacial score (nSPS) is 12.6. The maximum Gasteiger partial charge on any atom is 0.319 e. The van der Waals surface area contributed by atoms with Gasteiger partial charge in [-0.05, 0) is 59.5 Å². The van der Waals surface area contributed by atoms with Gasteiger partial charge in [0.05, 0.1) is 7.11 Å². The van der Waals surface area contributed by atoms with Crippen LogP contribution in [0.4, 0.5) is 10.5 Å². The summed E-state index contributed by atoms with van der Waals surface area (Å²) in [6.07, 6.45) is 0.803. The number of carbonyl (C=O) groups excluding carboxylic acids is 2. The van der Waals surface area contributed by atoms with E-state index < -0.39 is 0 Å². The summed E-state index contributed by atoms with van der Waals surface area (Å²) >= 11 is 0. The Morgan fingerprint density at radius 2 is 1.74 bits per heavy atom. The molecule has 31 heavy (non-hydrogen) atoms. The molecule has 0 radical (unpaired) electrons. The van der Waals surface area contributed by atoms with Gasteiger partial charge in [0.1, 0.15) is 5.75 Å². The average Bonchev–Trinajstić information content (AvgIpc) is 2.82. The fourth-order valence-electron chi connectivity index (χ4n) is 3.67. The largest absolute Gasteiger partial charge is 0.497 e. The first-order valence-electron chi connectivity index (χ1n) is 10.3. The first kappa shape index (κ1) is 20.5. The molecule has 0 saturated heterocycles. The first-order valence-corrected chi connectivity index (χ1v) is 10.3. The topological polar surface area (TPSA) is 70.7 Å². The number of nitrogens with one attached hydrogen (secondary N) is 2. The zero-order chi connectivity index (χ0) is 21.6. The number of nitrogens with zero attached hydrogens (tertiary/aromatic N) is 1. The van der Waals surface area contributed by atoms with E-state index in [1.807, 2.05) is 77.7 Å². The molecule has 2 N–H and O–H groups in total. The third-order valence-corrected chi connectivity index (χ3v) is 5.40. The molecule has 0 aliphatic carbocycles. The predicted molar refractivity (Wildman–Crippen MR) is 120 cm³/mol. The fourth-order valence-corrected chi connectivity index (χ4v) is 3.67. The van der Waals surface area contributed by atoms with Crippen molar-refractivity contribution in [3.05, 3.63) is 95.1 Å². The number of amides is 3. The standard InChI is InChI=1S/C25H25N3O3/c1-31-23-11-7-18(8-12-23)16-26-25(30)27-22-10-9-19-13-14-28(17-21(19)15-22)24(29)20-5-3-2-4-6-20/h2-12,15H,13-14,16-17H2,1H3,(H2,26,27,30). The zero-order valence-corrected chi connectivity index (χ0v) is 17.4. The van der Waals surface area contributed by atoms with Crippen molar-refractivity contribution in [3.63, 3.8) is 0 Å². The van der Waals surface area contributed by atoms with Crippen LogP contribution in [0.1, 0.15) is 27.0 Å². The van der Waals surface area contributed by atoms with Crippen molar-refractivity contribution in [3.8, 4) is 5.75 Å². The van der Waals surface area contributed by atoms with E-state index in [1.54, 1.807) is 7.11 Å². The molecule has 3 aromatic rings. The Morgan fingerprint density at radius 3 is 2.48 bits per heavy atom. The maximum atomic E-state index is 12.8. The van der Waals surface area contributed by atoms with Crippen LogP contribution in [0.5, 0.6) is 5.75 Å². The van der Waals surface area contributed by atoms with Crippen molar-refractivity contribution in [1.82, 2.24) is 10.2 Å². The van der Waals surface area contributed by atoms with Gasteiger partial charge in [-0.2, -0.15) is 0 Å². The van der Waals surface area contributed by atoms with Crippen LogP contribution in [0, 0.1) is 0 Å². The number of hydrogen-bond acceptors (Lipinski definition) is 3. The minimum Gasteiger partial charge on any atom is -0.497 e. The van der Waals surface area contributed by atoms with Gasteiger partial charge in [-0.3, -0.25) is 4.79 Å². The number of urea groups is 1. The van der Waals surface area contributed by atoms with E-state index >= 15 is 0 Å². The van der Waals surface area contributed by atoms with Crippen molar-refractivity contribution < 1.29 is 14.3 Å². The number of carbonyl (C=O) groups is 2. The van der Waals surface area contributed by atoms with Gasteiger partial charge in [0.15, 0.2) is 0 Å². The van der Waals surface area contributed by atoms with Crippen molar-refractivity contribution in [2.45, 2.75) is 19.5 Å². The second-order valence-corrected chi connectivity index (χ2v) is 7.48. The van der Waals surface area contributed by atoms with E-state index in [1.165, 1.54) is 5.56 Å². The molecular formula is C25H25N3O3. The highest BCUT2D eigenvalue weighted by atomic mass is 16.5. The van der Waals surface area contributed by atoms with Crippen molar-refractivity contribution >= 4 is 17.6 Å². The molecule has 0 unspecified atom stereocenters. The van der Waals surface area contributed by atoms with E-state index in [0.29, 0.717) is 30.9 Å². The van der Waals surface area contributed by atoms with E-state index in [4.69, 9.17) is 4.74 Å². The monoisotopic (exact) mass is 415 g/mol. The number of fused-ring (bicyclic) bond motifs is 1. The molecule has 3 amide bonds.